The fraction of sp³-hybridized carbons (Fsp3) is 0.346. The first-order valence-corrected chi connectivity index (χ1v) is 11.8. The first-order chi connectivity index (χ1) is 17.5. The van der Waals surface area contributed by atoms with Crippen LogP contribution in [0, 0.1) is 5.82 Å². The summed E-state index contributed by atoms with van der Waals surface area (Å²) in [5.41, 5.74) is 1.72. The van der Waals surface area contributed by atoms with Crippen LogP contribution in [0.25, 0.3) is 0 Å². The third kappa shape index (κ3) is 5.33. The molecule has 0 saturated carbocycles. The summed E-state index contributed by atoms with van der Waals surface area (Å²) in [7, 11) is 0. The van der Waals surface area contributed by atoms with Crippen molar-refractivity contribution in [3.8, 4) is 11.5 Å². The van der Waals surface area contributed by atoms with Crippen LogP contribution in [-0.4, -0.2) is 64.5 Å². The van der Waals surface area contributed by atoms with Crippen molar-refractivity contribution >= 4 is 11.8 Å². The molecule has 0 bridgehead atoms. The Bertz CT molecular complexity index is 1250. The highest BCUT2D eigenvalue weighted by Crippen LogP contribution is 2.33. The molecular weight excluding hydrogens is 467 g/mol. The number of ether oxygens (including phenoxy) is 2. The molecule has 36 heavy (non-hydrogen) atoms. The molecule has 1 fully saturated rings. The maximum Gasteiger partial charge on any atom is 0.275 e. The average Bonchev–Trinajstić information content (AvgIpc) is 3.54. The number of rotatable bonds is 7. The third-order valence-electron chi connectivity index (χ3n) is 6.34. The molecule has 0 unspecified atom stereocenters. The van der Waals surface area contributed by atoms with Crippen molar-refractivity contribution in [3.05, 3.63) is 77.3 Å². The van der Waals surface area contributed by atoms with Crippen molar-refractivity contribution in [2.24, 2.45) is 0 Å². The summed E-state index contributed by atoms with van der Waals surface area (Å²) < 4.78 is 30.9. The molecule has 0 aliphatic carbocycles. The molecule has 0 spiro atoms. The lowest BCUT2D eigenvalue weighted by molar-refractivity contribution is -0.130. The zero-order valence-electron chi connectivity index (χ0n) is 20.0. The Morgan fingerprint density at radius 3 is 2.50 bits per heavy atom. The van der Waals surface area contributed by atoms with Gasteiger partial charge in [-0.15, -0.1) is 0 Å². The summed E-state index contributed by atoms with van der Waals surface area (Å²) in [6.45, 7) is 4.67. The Kier molecular flexibility index (Phi) is 6.86. The number of oxazole rings is 1. The van der Waals surface area contributed by atoms with E-state index in [9.17, 15) is 14.0 Å². The first kappa shape index (κ1) is 23.8. The molecule has 0 atom stereocenters. The second-order valence-electron chi connectivity index (χ2n) is 8.85. The largest absolute Gasteiger partial charge is 0.454 e. The lowest BCUT2D eigenvalue weighted by atomic mass is 10.1. The number of halogens is 1. The van der Waals surface area contributed by atoms with Gasteiger partial charge in [0.25, 0.3) is 5.91 Å². The van der Waals surface area contributed by atoms with Gasteiger partial charge in [0.1, 0.15) is 12.1 Å². The molecule has 3 heterocycles. The van der Waals surface area contributed by atoms with Gasteiger partial charge in [0.2, 0.25) is 18.6 Å². The second kappa shape index (κ2) is 10.4. The van der Waals surface area contributed by atoms with Crippen molar-refractivity contribution in [2.45, 2.75) is 26.6 Å². The first-order valence-electron chi connectivity index (χ1n) is 11.8. The standard InChI is InChI=1S/C26H27FN4O5/c1-18(32)30-8-10-31(11-9-30)26(33)22-16-34-25(28-22)15-29(14-20-4-2-3-5-21(20)27)13-19-6-7-23-24(12-19)36-17-35-23/h2-7,12,16H,8-11,13-15,17H2,1H3. The number of carbonyl (C=O) groups excluding carboxylic acids is 2. The molecule has 5 rings (SSSR count). The topological polar surface area (TPSA) is 88.4 Å². The molecule has 2 amide bonds. The van der Waals surface area contributed by atoms with Crippen molar-refractivity contribution in [2.75, 3.05) is 33.0 Å². The number of piperazine rings is 1. The molecule has 188 valence electrons. The molecule has 2 aromatic carbocycles. The number of benzene rings is 2. The second-order valence-corrected chi connectivity index (χ2v) is 8.85. The summed E-state index contributed by atoms with van der Waals surface area (Å²) in [6.07, 6.45) is 1.36. The van der Waals surface area contributed by atoms with Crippen LogP contribution in [0.15, 0.2) is 53.1 Å². The van der Waals surface area contributed by atoms with E-state index in [2.05, 4.69) is 4.98 Å². The van der Waals surface area contributed by atoms with Crippen LogP contribution < -0.4 is 9.47 Å². The van der Waals surface area contributed by atoms with E-state index >= 15 is 0 Å². The Morgan fingerprint density at radius 2 is 1.72 bits per heavy atom. The lowest BCUT2D eigenvalue weighted by Gasteiger charge is -2.33. The van der Waals surface area contributed by atoms with Crippen LogP contribution in [0.5, 0.6) is 11.5 Å². The lowest BCUT2D eigenvalue weighted by Crippen LogP contribution is -2.50. The highest BCUT2D eigenvalue weighted by molar-refractivity contribution is 5.92. The summed E-state index contributed by atoms with van der Waals surface area (Å²) >= 11 is 0. The van der Waals surface area contributed by atoms with E-state index < -0.39 is 0 Å². The molecule has 2 aliphatic heterocycles. The summed E-state index contributed by atoms with van der Waals surface area (Å²) in [6, 6.07) is 12.3. The van der Waals surface area contributed by atoms with Gasteiger partial charge >= 0.3 is 0 Å². The number of nitrogens with zero attached hydrogens (tertiary/aromatic N) is 4. The minimum Gasteiger partial charge on any atom is -0.454 e. The Balaban J connectivity index is 1.29. The van der Waals surface area contributed by atoms with Gasteiger partial charge in [-0.05, 0) is 23.8 Å². The van der Waals surface area contributed by atoms with E-state index in [1.807, 2.05) is 23.1 Å². The molecule has 0 radical (unpaired) electrons. The van der Waals surface area contributed by atoms with Gasteiger partial charge < -0.3 is 23.7 Å². The molecule has 3 aromatic rings. The Hall–Kier alpha value is -3.92. The predicted octanol–water partition coefficient (Wildman–Crippen LogP) is 3.05. The molecule has 1 saturated heterocycles. The highest BCUT2D eigenvalue weighted by atomic mass is 19.1. The van der Waals surface area contributed by atoms with Gasteiger partial charge in [0.15, 0.2) is 17.2 Å². The Labute approximate surface area is 208 Å². The van der Waals surface area contributed by atoms with Crippen molar-refractivity contribution in [1.29, 1.82) is 0 Å². The van der Waals surface area contributed by atoms with Crippen LogP contribution in [0.2, 0.25) is 0 Å². The number of fused-ring (bicyclic) bond motifs is 1. The van der Waals surface area contributed by atoms with Gasteiger partial charge in [-0.3, -0.25) is 14.5 Å². The zero-order chi connectivity index (χ0) is 25.1. The fourth-order valence-electron chi connectivity index (χ4n) is 4.39. The van der Waals surface area contributed by atoms with E-state index in [0.717, 1.165) is 5.56 Å². The monoisotopic (exact) mass is 494 g/mol. The van der Waals surface area contributed by atoms with Gasteiger partial charge in [-0.1, -0.05) is 24.3 Å². The molecule has 1 aromatic heterocycles. The molecule has 10 heteroatoms. The summed E-state index contributed by atoms with van der Waals surface area (Å²) in [4.78, 5) is 34.3. The van der Waals surface area contributed by atoms with Crippen molar-refractivity contribution in [1.82, 2.24) is 19.7 Å². The van der Waals surface area contributed by atoms with Crippen LogP contribution in [0.4, 0.5) is 4.39 Å². The Morgan fingerprint density at radius 1 is 0.972 bits per heavy atom. The number of hydrogen-bond donors (Lipinski definition) is 0. The van der Waals surface area contributed by atoms with Crippen LogP contribution in [0.3, 0.4) is 0 Å². The number of carbonyl (C=O) groups is 2. The van der Waals surface area contributed by atoms with Crippen molar-refractivity contribution < 1.29 is 27.9 Å². The minimum atomic E-state index is -0.291. The van der Waals surface area contributed by atoms with Crippen LogP contribution >= 0.6 is 0 Å². The third-order valence-corrected chi connectivity index (χ3v) is 6.34. The van der Waals surface area contributed by atoms with E-state index in [-0.39, 0.29) is 36.7 Å². The van der Waals surface area contributed by atoms with Gasteiger partial charge in [0.05, 0.1) is 6.54 Å². The van der Waals surface area contributed by atoms with E-state index in [1.165, 1.54) is 19.3 Å². The van der Waals surface area contributed by atoms with Crippen molar-refractivity contribution in [3.63, 3.8) is 0 Å². The van der Waals surface area contributed by atoms with Crippen LogP contribution in [-0.2, 0) is 24.4 Å². The minimum absolute atomic E-state index is 0.00299. The predicted molar refractivity (Wildman–Crippen MR) is 127 cm³/mol. The van der Waals surface area contributed by atoms with Gasteiger partial charge in [-0.25, -0.2) is 9.37 Å². The molecule has 0 N–H and O–H groups in total. The summed E-state index contributed by atoms with van der Waals surface area (Å²) in [5.74, 6) is 1.21. The normalized spacial score (nSPS) is 15.0. The number of amides is 2. The highest BCUT2D eigenvalue weighted by Gasteiger charge is 2.26. The van der Waals surface area contributed by atoms with Crippen LogP contribution in [0.1, 0.15) is 34.4 Å². The van der Waals surface area contributed by atoms with E-state index in [1.54, 1.807) is 28.0 Å². The SMILES string of the molecule is CC(=O)N1CCN(C(=O)c2coc(CN(Cc3ccc4c(c3)OCO4)Cc3ccccc3F)n2)CC1. The quantitative estimate of drug-likeness (QED) is 0.499. The van der Waals surface area contributed by atoms with Gasteiger partial charge in [0, 0.05) is 51.8 Å². The molecular formula is C26H27FN4O5. The zero-order valence-corrected chi connectivity index (χ0v) is 20.0. The number of aromatic nitrogens is 1. The smallest absolute Gasteiger partial charge is 0.275 e. The number of hydrogen-bond acceptors (Lipinski definition) is 7. The molecule has 9 nitrogen and oxygen atoms in total. The summed E-state index contributed by atoms with van der Waals surface area (Å²) in [5, 5.41) is 0. The van der Waals surface area contributed by atoms with E-state index in [4.69, 9.17) is 13.9 Å². The molecule has 2 aliphatic rings. The maximum atomic E-state index is 14.4. The van der Waals surface area contributed by atoms with Gasteiger partial charge in [-0.2, -0.15) is 0 Å². The fourth-order valence-corrected chi connectivity index (χ4v) is 4.39. The van der Waals surface area contributed by atoms with E-state index in [0.29, 0.717) is 62.2 Å². The maximum absolute atomic E-state index is 14.4. The average molecular weight is 495 g/mol.